The standard InChI is InChI=1S/C17H34N2/c1-4-7-15-10-16(18-11-14(2)3)13-19(12-15)17-8-5-6-9-17/h14-18H,4-13H2,1-3H3. The topological polar surface area (TPSA) is 15.3 Å². The van der Waals surface area contributed by atoms with Crippen molar-refractivity contribution in [2.75, 3.05) is 19.6 Å². The van der Waals surface area contributed by atoms with Crippen LogP contribution < -0.4 is 5.32 Å². The second-order valence-corrected chi connectivity index (χ2v) is 7.28. The minimum atomic E-state index is 0.744. The van der Waals surface area contributed by atoms with Crippen LogP contribution in [0.2, 0.25) is 0 Å². The molecule has 1 saturated heterocycles. The van der Waals surface area contributed by atoms with Crippen LogP contribution in [0.4, 0.5) is 0 Å². The third-order valence-corrected chi connectivity index (χ3v) is 4.92. The van der Waals surface area contributed by atoms with E-state index in [-0.39, 0.29) is 0 Å². The van der Waals surface area contributed by atoms with Crippen LogP contribution in [0.15, 0.2) is 0 Å². The number of likely N-dealkylation sites (tertiary alicyclic amines) is 1. The normalized spacial score (nSPS) is 30.3. The fraction of sp³-hybridized carbons (Fsp3) is 1.00. The summed E-state index contributed by atoms with van der Waals surface area (Å²) in [6, 6.07) is 1.65. The molecule has 0 aromatic rings. The summed E-state index contributed by atoms with van der Waals surface area (Å²) in [6.45, 7) is 10.8. The average Bonchev–Trinajstić information content (AvgIpc) is 2.90. The minimum Gasteiger partial charge on any atom is -0.312 e. The first kappa shape index (κ1) is 15.3. The zero-order chi connectivity index (χ0) is 13.7. The molecule has 1 aliphatic heterocycles. The molecule has 2 aliphatic rings. The molecule has 1 N–H and O–H groups in total. The van der Waals surface area contributed by atoms with E-state index in [0.717, 1.165) is 23.9 Å². The molecule has 1 heterocycles. The van der Waals surface area contributed by atoms with Gasteiger partial charge in [0.1, 0.15) is 0 Å². The SMILES string of the molecule is CCCC1CC(NCC(C)C)CN(C2CCCC2)C1. The average molecular weight is 266 g/mol. The lowest BCUT2D eigenvalue weighted by molar-refractivity contribution is 0.0940. The summed E-state index contributed by atoms with van der Waals surface area (Å²) in [5, 5.41) is 3.82. The number of hydrogen-bond donors (Lipinski definition) is 1. The van der Waals surface area contributed by atoms with Gasteiger partial charge in [-0.25, -0.2) is 0 Å². The van der Waals surface area contributed by atoms with Crippen LogP contribution in [0.1, 0.15) is 65.7 Å². The first-order valence-corrected chi connectivity index (χ1v) is 8.66. The van der Waals surface area contributed by atoms with Crippen molar-refractivity contribution in [3.63, 3.8) is 0 Å². The zero-order valence-corrected chi connectivity index (χ0v) is 13.3. The van der Waals surface area contributed by atoms with Crippen molar-refractivity contribution in [2.45, 2.75) is 77.8 Å². The van der Waals surface area contributed by atoms with Crippen molar-refractivity contribution >= 4 is 0 Å². The van der Waals surface area contributed by atoms with E-state index in [1.807, 2.05) is 0 Å². The summed E-state index contributed by atoms with van der Waals surface area (Å²) in [5.74, 6) is 1.70. The van der Waals surface area contributed by atoms with Crippen LogP contribution >= 0.6 is 0 Å². The Morgan fingerprint density at radius 3 is 2.53 bits per heavy atom. The Bertz CT molecular complexity index is 246. The summed E-state index contributed by atoms with van der Waals surface area (Å²) in [5.41, 5.74) is 0. The van der Waals surface area contributed by atoms with Gasteiger partial charge in [0.25, 0.3) is 0 Å². The summed E-state index contributed by atoms with van der Waals surface area (Å²) in [6.07, 6.45) is 10.0. The molecule has 1 saturated carbocycles. The van der Waals surface area contributed by atoms with E-state index >= 15 is 0 Å². The van der Waals surface area contributed by atoms with E-state index < -0.39 is 0 Å². The maximum Gasteiger partial charge on any atom is 0.0198 e. The van der Waals surface area contributed by atoms with E-state index in [2.05, 4.69) is 31.0 Å². The summed E-state index contributed by atoms with van der Waals surface area (Å²) in [7, 11) is 0. The van der Waals surface area contributed by atoms with Gasteiger partial charge in [-0.05, 0) is 44.1 Å². The van der Waals surface area contributed by atoms with Crippen molar-refractivity contribution < 1.29 is 0 Å². The highest BCUT2D eigenvalue weighted by Gasteiger charge is 2.31. The number of nitrogens with one attached hydrogen (secondary N) is 1. The monoisotopic (exact) mass is 266 g/mol. The molecule has 2 fully saturated rings. The van der Waals surface area contributed by atoms with Gasteiger partial charge in [-0.3, -0.25) is 4.90 Å². The molecule has 112 valence electrons. The van der Waals surface area contributed by atoms with Crippen LogP contribution in [0.25, 0.3) is 0 Å². The van der Waals surface area contributed by atoms with Crippen LogP contribution in [0, 0.1) is 11.8 Å². The molecule has 0 radical (unpaired) electrons. The molecule has 0 bridgehead atoms. The van der Waals surface area contributed by atoms with Crippen molar-refractivity contribution in [3.05, 3.63) is 0 Å². The number of hydrogen-bond acceptors (Lipinski definition) is 2. The van der Waals surface area contributed by atoms with Crippen LogP contribution in [0.3, 0.4) is 0 Å². The molecular weight excluding hydrogens is 232 g/mol. The Balaban J connectivity index is 1.87. The molecule has 1 aliphatic carbocycles. The van der Waals surface area contributed by atoms with Crippen LogP contribution in [0.5, 0.6) is 0 Å². The van der Waals surface area contributed by atoms with Gasteiger partial charge in [0.15, 0.2) is 0 Å². The Hall–Kier alpha value is -0.0800. The summed E-state index contributed by atoms with van der Waals surface area (Å²) >= 11 is 0. The zero-order valence-electron chi connectivity index (χ0n) is 13.3. The van der Waals surface area contributed by atoms with Gasteiger partial charge in [-0.15, -0.1) is 0 Å². The van der Waals surface area contributed by atoms with Gasteiger partial charge in [0.2, 0.25) is 0 Å². The summed E-state index contributed by atoms with van der Waals surface area (Å²) < 4.78 is 0. The van der Waals surface area contributed by atoms with Crippen molar-refractivity contribution in [1.29, 1.82) is 0 Å². The Labute approximate surface area is 120 Å². The highest BCUT2D eigenvalue weighted by molar-refractivity contribution is 4.88. The predicted molar refractivity (Wildman–Crippen MR) is 83.5 cm³/mol. The lowest BCUT2D eigenvalue weighted by Crippen LogP contribution is -2.52. The van der Waals surface area contributed by atoms with Crippen molar-refractivity contribution in [1.82, 2.24) is 10.2 Å². The van der Waals surface area contributed by atoms with Gasteiger partial charge >= 0.3 is 0 Å². The number of nitrogens with zero attached hydrogens (tertiary/aromatic N) is 1. The number of rotatable bonds is 6. The first-order valence-electron chi connectivity index (χ1n) is 8.66. The third kappa shape index (κ3) is 4.75. The van der Waals surface area contributed by atoms with Gasteiger partial charge < -0.3 is 5.32 Å². The smallest absolute Gasteiger partial charge is 0.0198 e. The molecule has 2 nitrogen and oxygen atoms in total. The molecule has 2 atom stereocenters. The van der Waals surface area contributed by atoms with E-state index in [9.17, 15) is 0 Å². The quantitative estimate of drug-likeness (QED) is 0.789. The van der Waals surface area contributed by atoms with Gasteiger partial charge in [0.05, 0.1) is 0 Å². The third-order valence-electron chi connectivity index (χ3n) is 4.92. The lowest BCUT2D eigenvalue weighted by Gasteiger charge is -2.41. The maximum atomic E-state index is 3.82. The molecule has 2 heteroatoms. The second-order valence-electron chi connectivity index (χ2n) is 7.28. The van der Waals surface area contributed by atoms with Crippen molar-refractivity contribution in [3.8, 4) is 0 Å². The van der Waals surface area contributed by atoms with E-state index in [1.54, 1.807) is 0 Å². The van der Waals surface area contributed by atoms with E-state index in [1.165, 1.54) is 64.6 Å². The fourth-order valence-electron chi connectivity index (χ4n) is 3.98. The van der Waals surface area contributed by atoms with Gasteiger partial charge in [-0.2, -0.15) is 0 Å². The van der Waals surface area contributed by atoms with Crippen LogP contribution in [-0.2, 0) is 0 Å². The highest BCUT2D eigenvalue weighted by Crippen LogP contribution is 2.29. The molecule has 2 rings (SSSR count). The van der Waals surface area contributed by atoms with Gasteiger partial charge in [0, 0.05) is 25.2 Å². The van der Waals surface area contributed by atoms with Crippen molar-refractivity contribution in [2.24, 2.45) is 11.8 Å². The lowest BCUT2D eigenvalue weighted by atomic mass is 9.89. The van der Waals surface area contributed by atoms with Gasteiger partial charge in [-0.1, -0.05) is 40.0 Å². The maximum absolute atomic E-state index is 3.82. The van der Waals surface area contributed by atoms with E-state index in [0.29, 0.717) is 0 Å². The first-order chi connectivity index (χ1) is 9.19. The Morgan fingerprint density at radius 2 is 1.89 bits per heavy atom. The molecule has 2 unspecified atom stereocenters. The molecule has 0 spiro atoms. The second kappa shape index (κ2) is 7.64. The molecular formula is C17H34N2. The Morgan fingerprint density at radius 1 is 1.16 bits per heavy atom. The number of piperidine rings is 1. The molecule has 0 aromatic carbocycles. The molecule has 19 heavy (non-hydrogen) atoms. The minimum absolute atomic E-state index is 0.744. The molecule has 0 amide bonds. The largest absolute Gasteiger partial charge is 0.312 e. The predicted octanol–water partition coefficient (Wildman–Crippen LogP) is 3.67. The highest BCUT2D eigenvalue weighted by atomic mass is 15.2. The fourth-order valence-corrected chi connectivity index (χ4v) is 3.98. The molecule has 0 aromatic heterocycles. The Kier molecular flexibility index (Phi) is 6.15. The van der Waals surface area contributed by atoms with Crippen LogP contribution in [-0.4, -0.2) is 36.6 Å². The summed E-state index contributed by atoms with van der Waals surface area (Å²) in [4.78, 5) is 2.83. The van der Waals surface area contributed by atoms with E-state index in [4.69, 9.17) is 0 Å².